The van der Waals surface area contributed by atoms with Crippen molar-refractivity contribution in [3.8, 4) is 0 Å². The van der Waals surface area contributed by atoms with Crippen molar-refractivity contribution in [3.63, 3.8) is 0 Å². The van der Waals surface area contributed by atoms with Crippen LogP contribution in [0.2, 0.25) is 0 Å². The average molecular weight is 902 g/mol. The van der Waals surface area contributed by atoms with Crippen LogP contribution >= 0.6 is 5.94 Å². The number of rotatable bonds is 6. The van der Waals surface area contributed by atoms with E-state index in [1.807, 2.05) is 0 Å². The number of hydrogen-bond acceptors (Lipinski definition) is 0. The molecule has 0 aliphatic rings. The maximum atomic E-state index is 16.1. The van der Waals surface area contributed by atoms with Gasteiger partial charge in [-0.05, 0) is 0 Å². The zero-order valence-corrected chi connectivity index (χ0v) is 31.0. The molecular weight excluding hydrogens is 877 g/mol. The van der Waals surface area contributed by atoms with Crippen molar-refractivity contribution in [3.05, 3.63) is 179 Å². The minimum absolute atomic E-state index is 0.0466. The number of hydrogen-bond donors (Lipinski definition) is 0. The molecule has 0 amide bonds. The summed E-state index contributed by atoms with van der Waals surface area (Å²) in [5.41, 5.74) is -14.8. The molecule has 0 saturated heterocycles. The Morgan fingerprint density at radius 2 is 0.311 bits per heavy atom. The molecule has 0 unspecified atom stereocenters. The average Bonchev–Trinajstić information content (AvgIpc) is 3.18. The monoisotopic (exact) mass is 901 g/mol. The Labute approximate surface area is 332 Å². The summed E-state index contributed by atoms with van der Waals surface area (Å²) in [6.45, 7) is 0. The maximum absolute atomic E-state index is 16.1. The number of halogens is 18. The second-order valence-electron chi connectivity index (χ2n) is 13.8. The molecule has 0 heterocycles. The van der Waals surface area contributed by atoms with Crippen molar-refractivity contribution >= 4 is 37.8 Å². The fourth-order valence-electron chi connectivity index (χ4n) is 9.15. The van der Waals surface area contributed by atoms with Crippen LogP contribution in [0.5, 0.6) is 0 Å². The molecule has 6 rings (SSSR count). The van der Waals surface area contributed by atoms with Crippen LogP contribution in [0.4, 0.5) is 79.0 Å². The molecule has 0 aliphatic heterocycles. The third-order valence-corrected chi connectivity index (χ3v) is 20.4. The van der Waals surface area contributed by atoms with Crippen LogP contribution in [0.1, 0.15) is 33.4 Å². The fraction of sp³-hybridized carbons (Fsp3) is 0.143. The molecule has 0 fully saturated rings. The molecule has 0 aliphatic carbocycles. The van der Waals surface area contributed by atoms with Crippen molar-refractivity contribution < 1.29 is 79.0 Å². The zero-order valence-electron chi connectivity index (χ0n) is 30.1. The summed E-state index contributed by atoms with van der Waals surface area (Å²) >= 11 is 0. The third kappa shape index (κ3) is 6.13. The van der Waals surface area contributed by atoms with Crippen LogP contribution in [0.3, 0.4) is 0 Å². The topological polar surface area (TPSA) is 0 Å². The predicted molar refractivity (Wildman–Crippen MR) is 193 cm³/mol. The van der Waals surface area contributed by atoms with Crippen LogP contribution in [-0.2, 0) is 37.1 Å². The van der Waals surface area contributed by atoms with Crippen molar-refractivity contribution in [1.82, 2.24) is 0 Å². The van der Waals surface area contributed by atoms with Crippen molar-refractivity contribution in [2.24, 2.45) is 0 Å². The third-order valence-electron chi connectivity index (χ3n) is 10.9. The van der Waals surface area contributed by atoms with E-state index in [2.05, 4.69) is 0 Å². The normalized spacial score (nSPS) is 14.7. The van der Waals surface area contributed by atoms with Gasteiger partial charge in [-0.2, -0.15) is 0 Å². The molecule has 0 nitrogen and oxygen atoms in total. The fourth-order valence-corrected chi connectivity index (χ4v) is 20.6. The molecule has 61 heavy (non-hydrogen) atoms. The summed E-state index contributed by atoms with van der Waals surface area (Å²) in [5, 5.41) is -13.3. The first kappa shape index (κ1) is 45.0. The zero-order chi connectivity index (χ0) is 45.3. The van der Waals surface area contributed by atoms with Crippen LogP contribution in [0.25, 0.3) is 0 Å². The van der Waals surface area contributed by atoms with E-state index in [0.29, 0.717) is 72.8 Å². The van der Waals surface area contributed by atoms with Crippen molar-refractivity contribution in [1.29, 1.82) is 0 Å². The van der Waals surface area contributed by atoms with Crippen molar-refractivity contribution in [2.45, 2.75) is 37.1 Å². The molecule has 6 aromatic rings. The van der Waals surface area contributed by atoms with E-state index in [1.165, 1.54) is 0 Å². The summed E-state index contributed by atoms with van der Waals surface area (Å²) in [6, 6.07) is 5.61. The van der Waals surface area contributed by atoms with Gasteiger partial charge in [0.25, 0.3) is 0 Å². The van der Waals surface area contributed by atoms with Gasteiger partial charge in [-0.1, -0.05) is 0 Å². The molecule has 19 heteroatoms. The molecule has 0 aromatic heterocycles. The van der Waals surface area contributed by atoms with E-state index < -0.39 is 108 Å². The quantitative estimate of drug-likeness (QED) is 0.115. The van der Waals surface area contributed by atoms with Gasteiger partial charge in [0.05, 0.1) is 0 Å². The molecular formula is C42H24F18P-. The van der Waals surface area contributed by atoms with Gasteiger partial charge in [0.2, 0.25) is 0 Å². The number of benzene rings is 6. The molecule has 0 bridgehead atoms. The number of alkyl halides is 18. The van der Waals surface area contributed by atoms with Crippen molar-refractivity contribution in [2.75, 3.05) is 0 Å². The summed E-state index contributed by atoms with van der Waals surface area (Å²) in [4.78, 5) is 0. The summed E-state index contributed by atoms with van der Waals surface area (Å²) in [7, 11) is 0. The van der Waals surface area contributed by atoms with Gasteiger partial charge >= 0.3 is 333 Å². The van der Waals surface area contributed by atoms with Crippen LogP contribution in [-0.4, -0.2) is 0 Å². The standard InChI is InChI=1S/C42H24F18P/c43-37(44,45)25-13-1-7-19-31(25)61(32-20-8-2-14-26(32)38(46,47)48,33-21-9-3-15-27(33)39(49,50)51,34-22-10-4-16-28(34)40(52,53)54,35-23-11-5-17-29(35)41(55,56)57)36-24-12-6-18-30(36)42(58,59)60/h1-24H/q-1. The Bertz CT molecular complexity index is 2140. The second kappa shape index (κ2) is 14.0. The summed E-state index contributed by atoms with van der Waals surface area (Å²) < 4.78 is 289. The van der Waals surface area contributed by atoms with E-state index in [-0.39, 0.29) is 72.8 Å². The van der Waals surface area contributed by atoms with Gasteiger partial charge in [-0.15, -0.1) is 0 Å². The second-order valence-corrected chi connectivity index (χ2v) is 20.0. The van der Waals surface area contributed by atoms with E-state index in [1.54, 1.807) is 0 Å². The van der Waals surface area contributed by atoms with Crippen LogP contribution < -0.4 is 31.8 Å². The van der Waals surface area contributed by atoms with E-state index in [0.717, 1.165) is 0 Å². The van der Waals surface area contributed by atoms with Gasteiger partial charge in [0.15, 0.2) is 0 Å². The van der Waals surface area contributed by atoms with Crippen LogP contribution in [0, 0.1) is 0 Å². The first-order chi connectivity index (χ1) is 28.0. The van der Waals surface area contributed by atoms with Gasteiger partial charge in [-0.3, -0.25) is 0 Å². The molecule has 0 radical (unpaired) electrons. The van der Waals surface area contributed by atoms with Gasteiger partial charge in [0, 0.05) is 0 Å². The van der Waals surface area contributed by atoms with E-state index in [9.17, 15) is 0 Å². The first-order valence-electron chi connectivity index (χ1n) is 17.2. The molecule has 6 aromatic carbocycles. The van der Waals surface area contributed by atoms with Gasteiger partial charge in [-0.25, -0.2) is 0 Å². The summed E-state index contributed by atoms with van der Waals surface area (Å²) in [6.07, 6.45) is -37.0. The summed E-state index contributed by atoms with van der Waals surface area (Å²) in [5.74, 6) is -9.97. The Hall–Kier alpha value is -5.51. The molecule has 0 spiro atoms. The molecule has 0 N–H and O–H groups in total. The Morgan fingerprint density at radius 3 is 0.426 bits per heavy atom. The molecule has 0 saturated carbocycles. The molecule has 0 atom stereocenters. The SMILES string of the molecule is FC(F)(F)c1ccccc1[P-](c1ccccc1C(F)(F)F)(c1ccccc1C(F)(F)F)(c1ccccc1C(F)(F)F)(c1ccccc1C(F)(F)F)c1ccccc1C(F)(F)F. The van der Waals surface area contributed by atoms with E-state index in [4.69, 9.17) is 0 Å². The van der Waals surface area contributed by atoms with E-state index >= 15 is 79.0 Å². The van der Waals surface area contributed by atoms with Gasteiger partial charge < -0.3 is 0 Å². The minimum atomic E-state index is -9.97. The van der Waals surface area contributed by atoms with Crippen LogP contribution in [0.15, 0.2) is 146 Å². The van der Waals surface area contributed by atoms with Gasteiger partial charge in [0.1, 0.15) is 0 Å². The Morgan fingerprint density at radius 1 is 0.197 bits per heavy atom. The molecule has 324 valence electrons. The predicted octanol–water partition coefficient (Wildman–Crippen LogP) is 12.1. The Balaban J connectivity index is 2.50. The first-order valence-corrected chi connectivity index (χ1v) is 19.9. The Kier molecular flexibility index (Phi) is 10.3.